The molecule has 20 aromatic rings. The van der Waals surface area contributed by atoms with Gasteiger partial charge in [-0.1, -0.05) is 255 Å². The van der Waals surface area contributed by atoms with Crippen LogP contribution in [0.2, 0.25) is 0 Å². The molecule has 11 nitrogen and oxygen atoms in total. The van der Waals surface area contributed by atoms with Gasteiger partial charge in [-0.05, 0) is 146 Å². The summed E-state index contributed by atoms with van der Waals surface area (Å²) < 4.78 is 69.7. The number of halogens is 3. The minimum atomic E-state index is -5.76. The van der Waals surface area contributed by atoms with Crippen LogP contribution in [0.4, 0.5) is 13.2 Å². The summed E-state index contributed by atoms with van der Waals surface area (Å²) in [6.07, 6.45) is 0. The molecule has 0 saturated heterocycles. The van der Waals surface area contributed by atoms with Crippen molar-refractivity contribution in [1.29, 1.82) is 0 Å². The Labute approximate surface area is 623 Å². The van der Waals surface area contributed by atoms with Crippen LogP contribution in [0.25, 0.3) is 176 Å². The second-order valence-electron chi connectivity index (χ2n) is 26.6. The smallest absolute Gasteiger partial charge is 0.423 e. The molecule has 0 fully saturated rings. The lowest BCUT2D eigenvalue weighted by atomic mass is 9.80. The van der Waals surface area contributed by atoms with Gasteiger partial charge in [-0.3, -0.25) is 0 Å². The molecular formula is C93H60BF3N6O5S. The van der Waals surface area contributed by atoms with E-state index in [1.807, 2.05) is 115 Å². The second kappa shape index (κ2) is 27.7. The van der Waals surface area contributed by atoms with Gasteiger partial charge < -0.3 is 23.4 Å². The van der Waals surface area contributed by atoms with Crippen molar-refractivity contribution < 1.29 is 35.8 Å². The topological polar surface area (TPSA) is 145 Å². The van der Waals surface area contributed by atoms with Crippen molar-refractivity contribution in [3.05, 3.63) is 352 Å². The first-order chi connectivity index (χ1) is 53.2. The average Bonchev–Trinajstić information content (AvgIpc) is 1.74. The van der Waals surface area contributed by atoms with Crippen molar-refractivity contribution in [1.82, 2.24) is 29.1 Å². The first-order valence-electron chi connectivity index (χ1n) is 35.4. The van der Waals surface area contributed by atoms with Crippen LogP contribution in [-0.2, 0) is 10.1 Å². The third-order valence-electron chi connectivity index (χ3n) is 20.0. The molecule has 0 atom stereocenters. The van der Waals surface area contributed by atoms with E-state index in [9.17, 15) is 31.6 Å². The van der Waals surface area contributed by atoms with E-state index >= 15 is 0 Å². The Bertz CT molecular complexity index is 7070. The van der Waals surface area contributed by atoms with Crippen molar-refractivity contribution in [2.75, 3.05) is 0 Å². The number of alkyl halides is 3. The van der Waals surface area contributed by atoms with Gasteiger partial charge in [-0.2, -0.15) is 21.6 Å². The number of fused-ring (bicyclic) bond motifs is 14. The summed E-state index contributed by atoms with van der Waals surface area (Å²) in [4.78, 5) is 20.2. The largest absolute Gasteiger partial charge is 0.534 e. The molecule has 16 heteroatoms. The molecule has 0 unspecified atom stereocenters. The molecule has 4 heterocycles. The molecule has 0 saturated carbocycles. The summed E-state index contributed by atoms with van der Waals surface area (Å²) in [6.45, 7) is 0. The lowest BCUT2D eigenvalue weighted by molar-refractivity contribution is -0.0500. The van der Waals surface area contributed by atoms with Crippen molar-refractivity contribution in [3.8, 4) is 73.5 Å². The number of hydrogen-bond donors (Lipinski definition) is 2. The molecule has 0 amide bonds. The van der Waals surface area contributed by atoms with E-state index in [4.69, 9.17) is 19.9 Å². The predicted octanol–water partition coefficient (Wildman–Crippen LogP) is 22.0. The van der Waals surface area contributed by atoms with E-state index in [1.54, 1.807) is 24.3 Å². The molecule has 0 aliphatic rings. The molecule has 0 aliphatic heterocycles. The van der Waals surface area contributed by atoms with Crippen LogP contribution in [-0.4, -0.2) is 60.2 Å². The summed E-state index contributed by atoms with van der Waals surface area (Å²) in [5, 5.41) is 33.3. The highest BCUT2D eigenvalue weighted by Crippen LogP contribution is 2.41. The fraction of sp³-hybridized carbons (Fsp3) is 0.0108. The number of nitrogens with zero attached hydrogens (tertiary/aromatic N) is 6. The first kappa shape index (κ1) is 67.3. The molecule has 4 aromatic heterocycles. The lowest BCUT2D eigenvalue weighted by Crippen LogP contribution is -2.29. The number of aromatic nitrogens is 6. The Morgan fingerprint density at radius 1 is 0.303 bits per heavy atom. The average molecular weight is 1440 g/mol. The van der Waals surface area contributed by atoms with Gasteiger partial charge >= 0.3 is 22.7 Å². The SMILES string of the molecule is O=S(=O)(Oc1ccc2cc(-c3nc(-c4ccccc4)c4ccc5ccccc5c4n3)ccc2c1)C(F)(F)F.OB(O)c1ccc2c(c1)c1ccccc1n2-c1ccccc1.c1ccc(-c2nc(-c3ccc4cc(-c5ccc6c(c5)c5ccccc5n6-c5ccccc5)ccc4c3)nc3c2ccc2ccccc23)cc1. The summed E-state index contributed by atoms with van der Waals surface area (Å²) >= 11 is 0. The van der Waals surface area contributed by atoms with Gasteiger partial charge in [0, 0.05) is 76.7 Å². The minimum Gasteiger partial charge on any atom is -0.423 e. The van der Waals surface area contributed by atoms with Gasteiger partial charge in [-0.15, -0.1) is 0 Å². The fourth-order valence-electron chi connectivity index (χ4n) is 14.8. The third kappa shape index (κ3) is 12.6. The maximum absolute atomic E-state index is 12.7. The number of para-hydroxylation sites is 4. The molecule has 20 rings (SSSR count). The van der Waals surface area contributed by atoms with E-state index in [0.717, 1.165) is 105 Å². The van der Waals surface area contributed by atoms with Crippen molar-refractivity contribution in [2.45, 2.75) is 5.51 Å². The monoisotopic (exact) mass is 1440 g/mol. The second-order valence-corrected chi connectivity index (χ2v) is 28.2. The normalized spacial score (nSPS) is 11.8. The standard InChI is InChI=1S/C46H29N3.C29H17F3N2O3S.C18H14BNO2/c1-3-12-31(13-4-1)44-40-25-23-30-11-7-8-16-38(30)45(40)48-46(47-44)36-22-21-32-27-33(19-20-34(32)28-36)35-24-26-43-41(29-35)39-17-9-10-18-42(39)49(43)37-14-5-2-6-15-37;30-29(31,32)38(35,36)37-23-14-12-20-16-22(11-10-21(20)17-23)28-33-26(19-7-2-1-3-8-19)25-15-13-18-6-4-5-9-24(18)27(25)34-28;21-19(22)13-10-11-18-16(12-13)15-8-4-5-9-17(15)20(18)14-6-2-1-3-7-14/h1-29H;1-17H;1-12,21-22H. The molecule has 0 radical (unpaired) electrons. The molecule has 0 aliphatic carbocycles. The molecule has 0 bridgehead atoms. The van der Waals surface area contributed by atoms with Gasteiger partial charge in [0.2, 0.25) is 0 Å². The Morgan fingerprint density at radius 2 is 0.670 bits per heavy atom. The van der Waals surface area contributed by atoms with Crippen LogP contribution in [0.1, 0.15) is 0 Å². The van der Waals surface area contributed by atoms with Crippen LogP contribution in [0, 0.1) is 0 Å². The van der Waals surface area contributed by atoms with E-state index < -0.39 is 28.5 Å². The fourth-order valence-corrected chi connectivity index (χ4v) is 15.2. The van der Waals surface area contributed by atoms with Crippen LogP contribution in [0.15, 0.2) is 352 Å². The third-order valence-corrected chi connectivity index (χ3v) is 20.9. The van der Waals surface area contributed by atoms with E-state index in [-0.39, 0.29) is 0 Å². The lowest BCUT2D eigenvalue weighted by Gasteiger charge is -2.12. The highest BCUT2D eigenvalue weighted by Gasteiger charge is 2.48. The zero-order chi connectivity index (χ0) is 73.9. The molecular weight excluding hydrogens is 1380 g/mol. The number of benzene rings is 16. The molecule has 109 heavy (non-hydrogen) atoms. The maximum atomic E-state index is 12.7. The first-order valence-corrected chi connectivity index (χ1v) is 36.8. The van der Waals surface area contributed by atoms with Crippen molar-refractivity contribution in [2.24, 2.45) is 0 Å². The van der Waals surface area contributed by atoms with Crippen LogP contribution < -0.4 is 9.65 Å². The molecule has 522 valence electrons. The van der Waals surface area contributed by atoms with E-state index in [1.165, 1.54) is 67.6 Å². The van der Waals surface area contributed by atoms with Gasteiger partial charge in [0.25, 0.3) is 0 Å². The van der Waals surface area contributed by atoms with Crippen LogP contribution in [0.3, 0.4) is 0 Å². The number of hydrogen-bond acceptors (Lipinski definition) is 9. The Hall–Kier alpha value is -13.6. The highest BCUT2D eigenvalue weighted by molar-refractivity contribution is 7.88. The van der Waals surface area contributed by atoms with E-state index in [2.05, 4.69) is 207 Å². The Kier molecular flexibility index (Phi) is 17.1. The van der Waals surface area contributed by atoms with Gasteiger partial charge in [-0.25, -0.2) is 19.9 Å². The Morgan fingerprint density at radius 3 is 1.16 bits per heavy atom. The number of rotatable bonds is 10. The predicted molar refractivity (Wildman–Crippen MR) is 437 cm³/mol. The van der Waals surface area contributed by atoms with E-state index in [0.29, 0.717) is 27.6 Å². The maximum Gasteiger partial charge on any atom is 0.534 e. The summed E-state index contributed by atoms with van der Waals surface area (Å²) in [7, 11) is -7.22. The Balaban J connectivity index is 0.000000123. The zero-order valence-corrected chi connectivity index (χ0v) is 58.7. The van der Waals surface area contributed by atoms with Crippen molar-refractivity contribution >= 4 is 131 Å². The summed E-state index contributed by atoms with van der Waals surface area (Å²) in [5.74, 6) is 0.783. The molecule has 16 aromatic carbocycles. The quantitative estimate of drug-likeness (QED) is 0.0591. The zero-order valence-electron chi connectivity index (χ0n) is 57.9. The van der Waals surface area contributed by atoms with Gasteiger partial charge in [0.1, 0.15) is 5.75 Å². The van der Waals surface area contributed by atoms with Crippen molar-refractivity contribution in [3.63, 3.8) is 0 Å². The molecule has 2 N–H and O–H groups in total. The summed E-state index contributed by atoms with van der Waals surface area (Å²) in [6, 6.07) is 117. The van der Waals surface area contributed by atoms with Gasteiger partial charge in [0.15, 0.2) is 11.6 Å². The molecule has 0 spiro atoms. The highest BCUT2D eigenvalue weighted by atomic mass is 32.2. The van der Waals surface area contributed by atoms with Crippen LogP contribution in [0.5, 0.6) is 5.75 Å². The minimum absolute atomic E-state index is 0.428. The summed E-state index contributed by atoms with van der Waals surface area (Å²) in [5.41, 5.74) is 11.4. The van der Waals surface area contributed by atoms with Gasteiger partial charge in [0.05, 0.1) is 44.5 Å². The van der Waals surface area contributed by atoms with Crippen LogP contribution >= 0.6 is 0 Å².